The second kappa shape index (κ2) is 9.74. The second-order valence-corrected chi connectivity index (χ2v) is 9.51. The summed E-state index contributed by atoms with van der Waals surface area (Å²) in [5.41, 5.74) is 14.5. The number of aromatic nitrogens is 2. The summed E-state index contributed by atoms with van der Waals surface area (Å²) in [5.74, 6) is -1.53. The average molecular weight is 505 g/mol. The number of carbonyl (C=O) groups excluding carboxylic acids is 2. The Labute approximate surface area is 211 Å². The summed E-state index contributed by atoms with van der Waals surface area (Å²) in [6, 6.07) is 12.1. The van der Waals surface area contributed by atoms with Gasteiger partial charge in [0.05, 0.1) is 10.6 Å². The van der Waals surface area contributed by atoms with E-state index in [9.17, 15) is 14.0 Å². The van der Waals surface area contributed by atoms with E-state index in [0.29, 0.717) is 21.8 Å². The van der Waals surface area contributed by atoms with Crippen molar-refractivity contribution in [2.75, 3.05) is 5.32 Å². The van der Waals surface area contributed by atoms with E-state index in [1.807, 2.05) is 32.0 Å². The van der Waals surface area contributed by atoms with Gasteiger partial charge in [0.2, 0.25) is 0 Å². The molecule has 0 aliphatic rings. The van der Waals surface area contributed by atoms with E-state index < -0.39 is 17.6 Å². The standard InChI is InChI=1S/C26H25FN6O2S/c1-13-5-6-16-11-22(36-21(16)9-13)26(35)31-24-15(3)17(7-8-18(24)27)19(28)12-20(25(29)34)30-23-10-14(2)33(4)32-23/h5-12H,28H2,1-4H3,(H2,29,34)(H,31,35). The highest BCUT2D eigenvalue weighted by Crippen LogP contribution is 2.30. The lowest BCUT2D eigenvalue weighted by Crippen LogP contribution is -2.22. The van der Waals surface area contributed by atoms with E-state index in [1.165, 1.54) is 29.5 Å². The van der Waals surface area contributed by atoms with Gasteiger partial charge in [0.15, 0.2) is 5.82 Å². The Kier molecular flexibility index (Phi) is 6.71. The quantitative estimate of drug-likeness (QED) is 0.334. The lowest BCUT2D eigenvalue weighted by atomic mass is 10.0. The van der Waals surface area contributed by atoms with Gasteiger partial charge in [0, 0.05) is 34.8 Å². The lowest BCUT2D eigenvalue weighted by Gasteiger charge is -2.14. The zero-order valence-corrected chi connectivity index (χ0v) is 21.0. The summed E-state index contributed by atoms with van der Waals surface area (Å²) in [4.78, 5) is 29.6. The van der Waals surface area contributed by atoms with Crippen LogP contribution in [0.15, 0.2) is 53.5 Å². The molecule has 0 atom stereocenters. The number of nitrogens with one attached hydrogen (secondary N) is 1. The lowest BCUT2D eigenvalue weighted by molar-refractivity contribution is -0.111. The monoisotopic (exact) mass is 504 g/mol. The summed E-state index contributed by atoms with van der Waals surface area (Å²) in [6.45, 7) is 5.46. The third-order valence-corrected chi connectivity index (χ3v) is 6.84. The Hall–Kier alpha value is -4.31. The first kappa shape index (κ1) is 24.8. The molecule has 0 unspecified atom stereocenters. The van der Waals surface area contributed by atoms with Gasteiger partial charge in [-0.15, -0.1) is 11.3 Å². The fraction of sp³-hybridized carbons (Fsp3) is 0.154. The summed E-state index contributed by atoms with van der Waals surface area (Å²) in [5, 5.41) is 7.80. The SMILES string of the molecule is Cc1ccc2cc(C(=O)Nc3c(F)ccc(C(N)=CC(=Nc4cc(C)n(C)n4)C(N)=O)c3C)sc2c1. The third-order valence-electron chi connectivity index (χ3n) is 5.74. The maximum atomic E-state index is 14.8. The number of aliphatic imine (C=N–C) groups is 1. The molecule has 36 heavy (non-hydrogen) atoms. The van der Waals surface area contributed by atoms with Crippen LogP contribution in [-0.4, -0.2) is 27.3 Å². The first-order valence-corrected chi connectivity index (χ1v) is 11.8. The second-order valence-electron chi connectivity index (χ2n) is 8.43. The van der Waals surface area contributed by atoms with Crippen molar-refractivity contribution in [2.24, 2.45) is 23.5 Å². The zero-order valence-electron chi connectivity index (χ0n) is 20.2. The van der Waals surface area contributed by atoms with Crippen LogP contribution in [0, 0.1) is 26.6 Å². The zero-order chi connectivity index (χ0) is 26.1. The molecule has 0 spiro atoms. The van der Waals surface area contributed by atoms with E-state index in [2.05, 4.69) is 15.4 Å². The maximum Gasteiger partial charge on any atom is 0.267 e. The van der Waals surface area contributed by atoms with Crippen LogP contribution in [-0.2, 0) is 11.8 Å². The van der Waals surface area contributed by atoms with Crippen molar-refractivity contribution in [3.05, 3.63) is 81.6 Å². The highest BCUT2D eigenvalue weighted by molar-refractivity contribution is 7.20. The minimum absolute atomic E-state index is 0.000372. The van der Waals surface area contributed by atoms with Gasteiger partial charge in [-0.3, -0.25) is 14.3 Å². The Bertz CT molecular complexity index is 1560. The molecular weight excluding hydrogens is 479 g/mol. The van der Waals surface area contributed by atoms with Gasteiger partial charge in [0.25, 0.3) is 11.8 Å². The average Bonchev–Trinajstić information content (AvgIpc) is 3.37. The van der Waals surface area contributed by atoms with Crippen LogP contribution < -0.4 is 16.8 Å². The number of hydrogen-bond acceptors (Lipinski definition) is 6. The topological polar surface area (TPSA) is 128 Å². The molecule has 2 heterocycles. The number of fused-ring (bicyclic) bond motifs is 1. The Morgan fingerprint density at radius 2 is 1.86 bits per heavy atom. The number of hydrogen-bond donors (Lipinski definition) is 3. The van der Waals surface area contributed by atoms with E-state index in [0.717, 1.165) is 21.3 Å². The molecular formula is C26H25FN6O2S. The summed E-state index contributed by atoms with van der Waals surface area (Å²) in [7, 11) is 1.75. The Morgan fingerprint density at radius 3 is 2.53 bits per heavy atom. The molecule has 2 amide bonds. The molecule has 0 radical (unpaired) electrons. The predicted octanol–water partition coefficient (Wildman–Crippen LogP) is 4.51. The third kappa shape index (κ3) is 5.03. The van der Waals surface area contributed by atoms with E-state index in [-0.39, 0.29) is 17.1 Å². The van der Waals surface area contributed by atoms with Gasteiger partial charge in [-0.25, -0.2) is 9.38 Å². The molecule has 0 aliphatic heterocycles. The fourth-order valence-corrected chi connectivity index (χ4v) is 4.73. The number of rotatable bonds is 6. The van der Waals surface area contributed by atoms with E-state index in [4.69, 9.17) is 11.5 Å². The number of aryl methyl sites for hydroxylation is 3. The van der Waals surface area contributed by atoms with Crippen molar-refractivity contribution in [2.45, 2.75) is 20.8 Å². The summed E-state index contributed by atoms with van der Waals surface area (Å²) < 4.78 is 17.4. The number of amides is 2. The Morgan fingerprint density at radius 1 is 1.11 bits per heavy atom. The van der Waals surface area contributed by atoms with Crippen LogP contribution in [0.4, 0.5) is 15.9 Å². The van der Waals surface area contributed by atoms with Crippen molar-refractivity contribution in [3.8, 4) is 0 Å². The number of thiophene rings is 1. The van der Waals surface area contributed by atoms with Crippen molar-refractivity contribution in [3.63, 3.8) is 0 Å². The molecule has 4 aromatic rings. The number of benzene rings is 2. The van der Waals surface area contributed by atoms with Crippen molar-refractivity contribution < 1.29 is 14.0 Å². The minimum atomic E-state index is -0.797. The Balaban J connectivity index is 1.66. The van der Waals surface area contributed by atoms with Crippen molar-refractivity contribution >= 4 is 56.2 Å². The van der Waals surface area contributed by atoms with Gasteiger partial charge in [-0.05, 0) is 67.6 Å². The number of nitrogens with two attached hydrogens (primary N) is 2. The highest BCUT2D eigenvalue weighted by Gasteiger charge is 2.18. The molecule has 0 aliphatic carbocycles. The first-order chi connectivity index (χ1) is 17.0. The van der Waals surface area contributed by atoms with E-state index in [1.54, 1.807) is 30.8 Å². The van der Waals surface area contributed by atoms with Crippen LogP contribution in [0.3, 0.4) is 0 Å². The molecule has 0 fully saturated rings. The van der Waals surface area contributed by atoms with Crippen LogP contribution in [0.2, 0.25) is 0 Å². The number of nitrogens with zero attached hydrogens (tertiary/aromatic N) is 3. The predicted molar refractivity (Wildman–Crippen MR) is 142 cm³/mol. The first-order valence-electron chi connectivity index (χ1n) is 11.0. The molecule has 2 aromatic carbocycles. The van der Waals surface area contributed by atoms with E-state index >= 15 is 0 Å². The van der Waals surface area contributed by atoms with Crippen LogP contribution in [0.5, 0.6) is 0 Å². The minimum Gasteiger partial charge on any atom is -0.398 e. The normalized spacial score (nSPS) is 12.2. The van der Waals surface area contributed by atoms with Gasteiger partial charge >= 0.3 is 0 Å². The summed E-state index contributed by atoms with van der Waals surface area (Å²) in [6.07, 6.45) is 1.31. The fourth-order valence-electron chi connectivity index (χ4n) is 3.67. The van der Waals surface area contributed by atoms with Crippen LogP contribution in [0.25, 0.3) is 15.8 Å². The van der Waals surface area contributed by atoms with Crippen LogP contribution in [0.1, 0.15) is 32.1 Å². The molecule has 0 saturated carbocycles. The number of anilines is 1. The van der Waals surface area contributed by atoms with Crippen molar-refractivity contribution in [1.82, 2.24) is 9.78 Å². The van der Waals surface area contributed by atoms with Gasteiger partial charge in [0.1, 0.15) is 11.5 Å². The van der Waals surface area contributed by atoms with Gasteiger partial charge in [-0.1, -0.05) is 12.1 Å². The molecule has 10 heteroatoms. The van der Waals surface area contributed by atoms with Crippen molar-refractivity contribution in [1.29, 1.82) is 0 Å². The number of carbonyl (C=O) groups is 2. The molecule has 8 nitrogen and oxygen atoms in total. The van der Waals surface area contributed by atoms with Crippen LogP contribution >= 0.6 is 11.3 Å². The summed E-state index contributed by atoms with van der Waals surface area (Å²) >= 11 is 1.33. The maximum absolute atomic E-state index is 14.8. The molecule has 0 bridgehead atoms. The largest absolute Gasteiger partial charge is 0.398 e. The van der Waals surface area contributed by atoms with Gasteiger partial charge in [-0.2, -0.15) is 5.10 Å². The highest BCUT2D eigenvalue weighted by atomic mass is 32.1. The molecule has 184 valence electrons. The van der Waals surface area contributed by atoms with Gasteiger partial charge < -0.3 is 16.8 Å². The molecule has 5 N–H and O–H groups in total. The molecule has 0 saturated heterocycles. The smallest absolute Gasteiger partial charge is 0.267 e. The number of halogens is 1. The number of primary amides is 1. The molecule has 4 rings (SSSR count). The molecule has 2 aromatic heterocycles.